The van der Waals surface area contributed by atoms with Crippen molar-refractivity contribution in [2.75, 3.05) is 0 Å². The lowest BCUT2D eigenvalue weighted by atomic mass is 10.1. The largest absolute Gasteiger partial charge is 0.360 e. The summed E-state index contributed by atoms with van der Waals surface area (Å²) in [6.45, 7) is 0. The number of para-hydroxylation sites is 2. The minimum absolute atomic E-state index is 0.0105. The minimum Gasteiger partial charge on any atom is -0.360 e. The lowest BCUT2D eigenvalue weighted by Crippen LogP contribution is -2.09. The van der Waals surface area contributed by atoms with Gasteiger partial charge in [-0.15, -0.1) is 0 Å². The zero-order chi connectivity index (χ0) is 13.5. The zero-order valence-corrected chi connectivity index (χ0v) is 10.7. The molecule has 0 aliphatic carbocycles. The Kier molecular flexibility index (Phi) is 2.27. The molecule has 0 fully saturated rings. The number of benzene rings is 2. The van der Waals surface area contributed by atoms with Gasteiger partial charge in [0, 0.05) is 28.7 Å². The number of H-pyrrole nitrogens is 1. The van der Waals surface area contributed by atoms with E-state index in [1.54, 1.807) is 10.8 Å². The van der Waals surface area contributed by atoms with Gasteiger partial charge in [0.25, 0.3) is 5.91 Å². The number of nitrogens with zero attached hydrogens (tertiary/aromatic N) is 1. The van der Waals surface area contributed by atoms with E-state index >= 15 is 0 Å². The number of aromatic nitrogens is 2. The summed E-state index contributed by atoms with van der Waals surface area (Å²) in [6, 6.07) is 17.7. The second kappa shape index (κ2) is 4.10. The zero-order valence-electron chi connectivity index (χ0n) is 10.7. The van der Waals surface area contributed by atoms with E-state index in [-0.39, 0.29) is 5.91 Å². The SMILES string of the molecule is O=C(c1c[nH]c2ccccc12)n1ccc2ccccc21. The molecule has 96 valence electrons. The maximum Gasteiger partial charge on any atom is 0.264 e. The van der Waals surface area contributed by atoms with E-state index in [0.717, 1.165) is 21.8 Å². The van der Waals surface area contributed by atoms with Gasteiger partial charge in [-0.1, -0.05) is 36.4 Å². The first-order valence-corrected chi connectivity index (χ1v) is 6.51. The number of nitrogens with one attached hydrogen (secondary N) is 1. The van der Waals surface area contributed by atoms with Gasteiger partial charge in [0.2, 0.25) is 0 Å². The van der Waals surface area contributed by atoms with Gasteiger partial charge < -0.3 is 4.98 Å². The van der Waals surface area contributed by atoms with Crippen LogP contribution in [0.1, 0.15) is 10.4 Å². The number of aromatic amines is 1. The highest BCUT2D eigenvalue weighted by Crippen LogP contribution is 2.22. The van der Waals surface area contributed by atoms with Crippen molar-refractivity contribution in [1.29, 1.82) is 0 Å². The molecular formula is C17H12N2O. The Hall–Kier alpha value is -2.81. The Morgan fingerprint density at radius 1 is 0.950 bits per heavy atom. The lowest BCUT2D eigenvalue weighted by molar-refractivity contribution is 0.0966. The minimum atomic E-state index is -0.0105. The van der Waals surface area contributed by atoms with E-state index in [2.05, 4.69) is 4.98 Å². The van der Waals surface area contributed by atoms with Crippen molar-refractivity contribution in [3.05, 3.63) is 72.6 Å². The Balaban J connectivity index is 1.92. The van der Waals surface area contributed by atoms with Gasteiger partial charge in [0.15, 0.2) is 0 Å². The van der Waals surface area contributed by atoms with Crippen LogP contribution in [0.2, 0.25) is 0 Å². The highest BCUT2D eigenvalue weighted by Gasteiger charge is 2.15. The molecule has 2 heterocycles. The molecule has 0 saturated heterocycles. The van der Waals surface area contributed by atoms with Gasteiger partial charge in [-0.25, -0.2) is 0 Å². The summed E-state index contributed by atoms with van der Waals surface area (Å²) in [7, 11) is 0. The Morgan fingerprint density at radius 2 is 1.75 bits per heavy atom. The van der Waals surface area contributed by atoms with Gasteiger partial charge in [-0.2, -0.15) is 0 Å². The average molecular weight is 260 g/mol. The molecule has 3 nitrogen and oxygen atoms in total. The molecule has 0 amide bonds. The second-order valence-corrected chi connectivity index (χ2v) is 4.80. The van der Waals surface area contributed by atoms with Crippen LogP contribution < -0.4 is 0 Å². The summed E-state index contributed by atoms with van der Waals surface area (Å²) in [5, 5.41) is 2.02. The second-order valence-electron chi connectivity index (χ2n) is 4.80. The predicted octanol–water partition coefficient (Wildman–Crippen LogP) is 3.81. The van der Waals surface area contributed by atoms with Crippen LogP contribution in [0.5, 0.6) is 0 Å². The molecule has 2 aromatic heterocycles. The summed E-state index contributed by atoms with van der Waals surface area (Å²) in [5.74, 6) is -0.0105. The molecule has 3 heteroatoms. The van der Waals surface area contributed by atoms with Crippen LogP contribution in [0.15, 0.2) is 67.0 Å². The first-order valence-electron chi connectivity index (χ1n) is 6.51. The number of hydrogen-bond acceptors (Lipinski definition) is 1. The van der Waals surface area contributed by atoms with E-state index in [4.69, 9.17) is 0 Å². The average Bonchev–Trinajstić information content (AvgIpc) is 3.11. The fraction of sp³-hybridized carbons (Fsp3) is 0. The molecule has 0 spiro atoms. The molecule has 0 radical (unpaired) electrons. The number of rotatable bonds is 1. The summed E-state index contributed by atoms with van der Waals surface area (Å²) in [6.07, 6.45) is 3.61. The Morgan fingerprint density at radius 3 is 2.70 bits per heavy atom. The van der Waals surface area contributed by atoms with Gasteiger partial charge in [0.05, 0.1) is 11.1 Å². The number of carbonyl (C=O) groups excluding carboxylic acids is 1. The first kappa shape index (κ1) is 11.1. The van der Waals surface area contributed by atoms with Crippen molar-refractivity contribution < 1.29 is 4.79 Å². The van der Waals surface area contributed by atoms with Crippen LogP contribution in [-0.4, -0.2) is 15.5 Å². The summed E-state index contributed by atoms with van der Waals surface area (Å²) in [4.78, 5) is 15.9. The first-order chi connectivity index (χ1) is 9.84. The van der Waals surface area contributed by atoms with Crippen molar-refractivity contribution in [3.8, 4) is 0 Å². The van der Waals surface area contributed by atoms with Gasteiger partial charge in [0.1, 0.15) is 0 Å². The maximum atomic E-state index is 12.7. The lowest BCUT2D eigenvalue weighted by Gasteiger charge is -2.03. The molecule has 0 unspecified atom stereocenters. The Bertz CT molecular complexity index is 854. The molecular weight excluding hydrogens is 248 g/mol. The van der Waals surface area contributed by atoms with Crippen molar-refractivity contribution in [2.45, 2.75) is 0 Å². The molecule has 4 rings (SSSR count). The van der Waals surface area contributed by atoms with Crippen LogP contribution in [-0.2, 0) is 0 Å². The van der Waals surface area contributed by atoms with E-state index < -0.39 is 0 Å². The quantitative estimate of drug-likeness (QED) is 0.555. The number of hydrogen-bond donors (Lipinski definition) is 1. The fourth-order valence-electron chi connectivity index (χ4n) is 2.64. The molecule has 20 heavy (non-hydrogen) atoms. The third-order valence-electron chi connectivity index (χ3n) is 3.64. The van der Waals surface area contributed by atoms with Crippen LogP contribution in [0.25, 0.3) is 21.8 Å². The number of carbonyl (C=O) groups is 1. The molecule has 0 aliphatic heterocycles. The van der Waals surface area contributed by atoms with Gasteiger partial charge >= 0.3 is 0 Å². The normalized spacial score (nSPS) is 11.2. The molecule has 0 saturated carbocycles. The monoisotopic (exact) mass is 260 g/mol. The predicted molar refractivity (Wildman–Crippen MR) is 80.0 cm³/mol. The molecule has 4 aromatic rings. The standard InChI is InChI=1S/C17H12N2O/c20-17(14-11-18-15-7-3-2-6-13(14)15)19-10-9-12-5-1-4-8-16(12)19/h1-11,18H. The molecule has 0 bridgehead atoms. The highest BCUT2D eigenvalue weighted by atomic mass is 16.2. The highest BCUT2D eigenvalue weighted by molar-refractivity contribution is 6.10. The molecule has 1 N–H and O–H groups in total. The van der Waals surface area contributed by atoms with Crippen LogP contribution >= 0.6 is 0 Å². The summed E-state index contributed by atoms with van der Waals surface area (Å²) >= 11 is 0. The van der Waals surface area contributed by atoms with E-state index in [0.29, 0.717) is 5.56 Å². The topological polar surface area (TPSA) is 37.8 Å². The summed E-state index contributed by atoms with van der Waals surface area (Å²) in [5.41, 5.74) is 2.61. The van der Waals surface area contributed by atoms with Crippen LogP contribution in [0.3, 0.4) is 0 Å². The summed E-state index contributed by atoms with van der Waals surface area (Å²) < 4.78 is 1.70. The van der Waals surface area contributed by atoms with E-state index in [9.17, 15) is 4.79 Å². The van der Waals surface area contributed by atoms with E-state index in [1.807, 2.05) is 60.8 Å². The number of fused-ring (bicyclic) bond motifs is 2. The van der Waals surface area contributed by atoms with E-state index in [1.165, 1.54) is 0 Å². The van der Waals surface area contributed by atoms with Crippen LogP contribution in [0, 0.1) is 0 Å². The van der Waals surface area contributed by atoms with Gasteiger partial charge in [-0.3, -0.25) is 9.36 Å². The molecule has 0 atom stereocenters. The maximum absolute atomic E-state index is 12.7. The third-order valence-corrected chi connectivity index (χ3v) is 3.64. The van der Waals surface area contributed by atoms with Crippen molar-refractivity contribution >= 4 is 27.7 Å². The molecule has 2 aromatic carbocycles. The van der Waals surface area contributed by atoms with Crippen molar-refractivity contribution in [2.24, 2.45) is 0 Å². The van der Waals surface area contributed by atoms with Crippen molar-refractivity contribution in [1.82, 2.24) is 9.55 Å². The third kappa shape index (κ3) is 1.50. The van der Waals surface area contributed by atoms with Gasteiger partial charge in [-0.05, 0) is 18.2 Å². The molecule has 0 aliphatic rings. The fourth-order valence-corrected chi connectivity index (χ4v) is 2.64. The smallest absolute Gasteiger partial charge is 0.264 e. The Labute approximate surface area is 115 Å². The van der Waals surface area contributed by atoms with Crippen molar-refractivity contribution in [3.63, 3.8) is 0 Å². The van der Waals surface area contributed by atoms with Crippen LogP contribution in [0.4, 0.5) is 0 Å².